The van der Waals surface area contributed by atoms with E-state index in [0.717, 1.165) is 12.1 Å². The first kappa shape index (κ1) is 13.1. The molecule has 0 fully saturated rings. The molecule has 1 aromatic carbocycles. The molecule has 0 atom stereocenters. The molecule has 1 rings (SSSR count). The van der Waals surface area contributed by atoms with Crippen molar-refractivity contribution in [3.8, 4) is 0 Å². The maximum atomic E-state index is 10.5. The number of rotatable bonds is 1. The molecule has 1 aromatic rings. The average molecular weight is 309 g/mol. The smallest absolute Gasteiger partial charge is 0.258 e. The minimum absolute atomic E-state index is 0.0118. The van der Waals surface area contributed by atoms with Gasteiger partial charge in [0.15, 0.2) is 0 Å². The molecular formula is C7H2Cl5NO2. The van der Waals surface area contributed by atoms with Crippen molar-refractivity contribution in [3.05, 3.63) is 37.9 Å². The van der Waals surface area contributed by atoms with Crippen molar-refractivity contribution in [3.63, 3.8) is 0 Å². The van der Waals surface area contributed by atoms with Crippen molar-refractivity contribution < 1.29 is 4.92 Å². The van der Waals surface area contributed by atoms with Gasteiger partial charge in [-0.3, -0.25) is 10.1 Å². The van der Waals surface area contributed by atoms with Crippen LogP contribution in [0.25, 0.3) is 0 Å². The molecule has 0 aliphatic heterocycles. The van der Waals surface area contributed by atoms with Crippen LogP contribution in [-0.2, 0) is 3.79 Å². The van der Waals surface area contributed by atoms with Gasteiger partial charge in [0.2, 0.25) is 3.79 Å². The number of non-ortho nitro benzene ring substituents is 1. The highest BCUT2D eigenvalue weighted by atomic mass is 35.6. The van der Waals surface area contributed by atoms with Crippen LogP contribution in [-0.4, -0.2) is 4.92 Å². The van der Waals surface area contributed by atoms with Crippen LogP contribution in [0.4, 0.5) is 5.69 Å². The van der Waals surface area contributed by atoms with E-state index < -0.39 is 8.72 Å². The Kier molecular flexibility index (Phi) is 3.95. The minimum atomic E-state index is -1.85. The third kappa shape index (κ3) is 3.02. The maximum Gasteiger partial charge on any atom is 0.271 e. The molecule has 0 bridgehead atoms. The second kappa shape index (κ2) is 4.52. The third-order valence-electron chi connectivity index (χ3n) is 1.53. The van der Waals surface area contributed by atoms with E-state index in [0.29, 0.717) is 0 Å². The van der Waals surface area contributed by atoms with E-state index in [2.05, 4.69) is 0 Å². The fourth-order valence-electron chi connectivity index (χ4n) is 0.886. The van der Waals surface area contributed by atoms with Crippen LogP contribution in [0, 0.1) is 10.1 Å². The molecule has 0 aliphatic carbocycles. The van der Waals surface area contributed by atoms with Crippen LogP contribution in [0.1, 0.15) is 5.56 Å². The van der Waals surface area contributed by atoms with Crippen LogP contribution < -0.4 is 0 Å². The van der Waals surface area contributed by atoms with Gasteiger partial charge in [0.25, 0.3) is 5.69 Å². The Labute approximate surface area is 110 Å². The number of nitro benzene ring substituents is 1. The summed E-state index contributed by atoms with van der Waals surface area (Å²) in [4.78, 5) is 9.87. The predicted octanol–water partition coefficient (Wildman–Crippen LogP) is 4.73. The Morgan fingerprint density at radius 2 is 1.73 bits per heavy atom. The van der Waals surface area contributed by atoms with E-state index in [9.17, 15) is 10.1 Å². The Morgan fingerprint density at radius 3 is 2.13 bits per heavy atom. The standard InChI is InChI=1S/C7H2Cl5NO2/c8-5-2-3(13(14)15)1-4(6(5)9)7(10,11)12/h1-2H. The first-order valence-corrected chi connectivity index (χ1v) is 5.33. The molecule has 0 saturated heterocycles. The summed E-state index contributed by atoms with van der Waals surface area (Å²) in [5.41, 5.74) is -0.306. The molecule has 15 heavy (non-hydrogen) atoms. The zero-order chi connectivity index (χ0) is 11.8. The van der Waals surface area contributed by atoms with Crippen molar-refractivity contribution in [2.75, 3.05) is 0 Å². The lowest BCUT2D eigenvalue weighted by atomic mass is 10.2. The second-order valence-corrected chi connectivity index (χ2v) is 5.61. The lowest BCUT2D eigenvalue weighted by Gasteiger charge is -2.13. The summed E-state index contributed by atoms with van der Waals surface area (Å²) in [7, 11) is 0. The van der Waals surface area contributed by atoms with E-state index in [1.54, 1.807) is 0 Å². The van der Waals surface area contributed by atoms with Crippen molar-refractivity contribution in [2.45, 2.75) is 3.79 Å². The maximum absolute atomic E-state index is 10.5. The Bertz CT molecular complexity index is 415. The minimum Gasteiger partial charge on any atom is -0.258 e. The lowest BCUT2D eigenvalue weighted by Crippen LogP contribution is -2.03. The molecule has 3 nitrogen and oxygen atoms in total. The molecule has 82 valence electrons. The molecule has 0 amide bonds. The van der Waals surface area contributed by atoms with E-state index in [-0.39, 0.29) is 21.3 Å². The van der Waals surface area contributed by atoms with E-state index in [1.165, 1.54) is 0 Å². The van der Waals surface area contributed by atoms with E-state index >= 15 is 0 Å². The Morgan fingerprint density at radius 1 is 1.20 bits per heavy atom. The van der Waals surface area contributed by atoms with Gasteiger partial charge in [-0.25, -0.2) is 0 Å². The van der Waals surface area contributed by atoms with Crippen LogP contribution in [0.15, 0.2) is 12.1 Å². The van der Waals surface area contributed by atoms with Crippen molar-refractivity contribution in [1.29, 1.82) is 0 Å². The van der Waals surface area contributed by atoms with E-state index in [4.69, 9.17) is 58.0 Å². The Hall–Kier alpha value is 0.0700. The fourth-order valence-corrected chi connectivity index (χ4v) is 1.94. The summed E-state index contributed by atoms with van der Waals surface area (Å²) >= 11 is 28.1. The summed E-state index contributed by atoms with van der Waals surface area (Å²) in [5, 5.41) is 10.5. The predicted molar refractivity (Wildman–Crippen MR) is 62.4 cm³/mol. The van der Waals surface area contributed by atoms with Gasteiger partial charge >= 0.3 is 0 Å². The summed E-state index contributed by atoms with van der Waals surface area (Å²) in [5.74, 6) is 0. The van der Waals surface area contributed by atoms with Crippen LogP contribution in [0.2, 0.25) is 10.0 Å². The number of benzene rings is 1. The number of nitrogens with zero attached hydrogens (tertiary/aromatic N) is 1. The largest absolute Gasteiger partial charge is 0.271 e. The molecule has 0 N–H and O–H groups in total. The van der Waals surface area contributed by atoms with Gasteiger partial charge in [0, 0.05) is 17.7 Å². The normalized spacial score (nSPS) is 11.5. The third-order valence-corrected chi connectivity index (χ3v) is 2.94. The molecule has 8 heteroatoms. The van der Waals surface area contributed by atoms with Gasteiger partial charge in [-0.2, -0.15) is 0 Å². The molecule has 0 unspecified atom stereocenters. The molecule has 0 spiro atoms. The number of alkyl halides is 3. The zero-order valence-corrected chi connectivity index (χ0v) is 10.6. The first-order valence-electron chi connectivity index (χ1n) is 3.44. The monoisotopic (exact) mass is 307 g/mol. The number of hydrogen-bond donors (Lipinski definition) is 0. The van der Waals surface area contributed by atoms with Crippen LogP contribution in [0.3, 0.4) is 0 Å². The molecular weight excluding hydrogens is 307 g/mol. The molecule has 0 aromatic heterocycles. The molecule has 0 radical (unpaired) electrons. The summed E-state index contributed by atoms with van der Waals surface area (Å²) in [6.07, 6.45) is 0. The quantitative estimate of drug-likeness (QED) is 0.427. The van der Waals surface area contributed by atoms with Crippen molar-refractivity contribution >= 4 is 63.7 Å². The van der Waals surface area contributed by atoms with Crippen molar-refractivity contribution in [2.24, 2.45) is 0 Å². The van der Waals surface area contributed by atoms with Gasteiger partial charge in [-0.05, 0) is 0 Å². The second-order valence-electron chi connectivity index (χ2n) is 2.54. The first-order chi connectivity index (χ1) is 6.73. The fraction of sp³-hybridized carbons (Fsp3) is 0.143. The average Bonchev–Trinajstić information content (AvgIpc) is 2.06. The van der Waals surface area contributed by atoms with Crippen LogP contribution in [0.5, 0.6) is 0 Å². The highest BCUT2D eigenvalue weighted by molar-refractivity contribution is 6.67. The number of nitro groups is 1. The van der Waals surface area contributed by atoms with Gasteiger partial charge in [0.05, 0.1) is 15.0 Å². The van der Waals surface area contributed by atoms with Gasteiger partial charge < -0.3 is 0 Å². The molecule has 0 aliphatic rings. The summed E-state index contributed by atoms with van der Waals surface area (Å²) < 4.78 is -1.85. The van der Waals surface area contributed by atoms with Crippen molar-refractivity contribution in [1.82, 2.24) is 0 Å². The summed E-state index contributed by atoms with van der Waals surface area (Å²) in [6, 6.07) is 2.16. The lowest BCUT2D eigenvalue weighted by molar-refractivity contribution is -0.384. The highest BCUT2D eigenvalue weighted by Gasteiger charge is 2.29. The van der Waals surface area contributed by atoms with Gasteiger partial charge in [-0.15, -0.1) is 0 Å². The number of hydrogen-bond acceptors (Lipinski definition) is 2. The van der Waals surface area contributed by atoms with Crippen LogP contribution >= 0.6 is 58.0 Å². The van der Waals surface area contributed by atoms with Gasteiger partial charge in [-0.1, -0.05) is 58.0 Å². The van der Waals surface area contributed by atoms with E-state index in [1.807, 2.05) is 0 Å². The molecule has 0 saturated carbocycles. The molecule has 0 heterocycles. The zero-order valence-electron chi connectivity index (χ0n) is 6.81. The number of halogens is 5. The van der Waals surface area contributed by atoms with Gasteiger partial charge in [0.1, 0.15) is 0 Å². The highest BCUT2D eigenvalue weighted by Crippen LogP contribution is 2.45. The topological polar surface area (TPSA) is 43.1 Å². The Balaban J connectivity index is 3.45. The SMILES string of the molecule is O=[N+]([O-])c1cc(Cl)c(Cl)c(C(Cl)(Cl)Cl)c1. The summed E-state index contributed by atoms with van der Waals surface area (Å²) in [6.45, 7) is 0.